The number of hydrogen-bond donors (Lipinski definition) is 2. The fraction of sp³-hybridized carbons (Fsp3) is 0.333. The Balaban J connectivity index is 3.98. The number of nitrogens with one attached hydrogen (secondary N) is 1. The molecular formula is C6H11N3O. The first-order chi connectivity index (χ1) is 4.70. The first kappa shape index (κ1) is 8.68. The van der Waals surface area contributed by atoms with Gasteiger partial charge in [-0.3, -0.25) is 9.79 Å². The van der Waals surface area contributed by atoms with E-state index < -0.39 is 0 Å². The summed E-state index contributed by atoms with van der Waals surface area (Å²) in [7, 11) is 1.60. The standard InChI is InChI=1S/C6H11N3O/c1-5(10)9-6(3-7)4-8-2/h3-4H,7H2,1-2H3,(H,9,10). The predicted molar refractivity (Wildman–Crippen MR) is 40.5 cm³/mol. The Kier molecular flexibility index (Phi) is 3.95. The monoisotopic (exact) mass is 141 g/mol. The van der Waals surface area contributed by atoms with E-state index >= 15 is 0 Å². The Morgan fingerprint density at radius 3 is 2.60 bits per heavy atom. The number of nitrogens with two attached hydrogens (primary N) is 1. The molecule has 1 amide bonds. The quantitative estimate of drug-likeness (QED) is 0.515. The number of carbonyl (C=O) groups is 1. The van der Waals surface area contributed by atoms with Crippen LogP contribution in [0.4, 0.5) is 0 Å². The average molecular weight is 141 g/mol. The Labute approximate surface area is 59.8 Å². The highest BCUT2D eigenvalue weighted by Crippen LogP contribution is 1.79. The van der Waals surface area contributed by atoms with Gasteiger partial charge < -0.3 is 11.1 Å². The van der Waals surface area contributed by atoms with E-state index in [9.17, 15) is 4.79 Å². The Morgan fingerprint density at radius 2 is 2.30 bits per heavy atom. The van der Waals surface area contributed by atoms with Crippen molar-refractivity contribution in [2.24, 2.45) is 10.7 Å². The number of rotatable bonds is 2. The molecule has 56 valence electrons. The maximum atomic E-state index is 10.4. The summed E-state index contributed by atoms with van der Waals surface area (Å²) in [5.41, 5.74) is 5.65. The third-order valence-corrected chi connectivity index (χ3v) is 0.768. The zero-order valence-electron chi connectivity index (χ0n) is 6.09. The Bertz CT molecular complexity index is 172. The van der Waals surface area contributed by atoms with Gasteiger partial charge in [0.25, 0.3) is 0 Å². The number of hydrogen-bond acceptors (Lipinski definition) is 3. The minimum atomic E-state index is -0.156. The van der Waals surface area contributed by atoms with Crippen LogP contribution in [0.25, 0.3) is 0 Å². The lowest BCUT2D eigenvalue weighted by atomic mass is 10.5. The van der Waals surface area contributed by atoms with Crippen molar-refractivity contribution in [3.05, 3.63) is 11.9 Å². The van der Waals surface area contributed by atoms with Crippen LogP contribution >= 0.6 is 0 Å². The molecule has 0 heterocycles. The summed E-state index contributed by atoms with van der Waals surface area (Å²) in [6, 6.07) is 0. The van der Waals surface area contributed by atoms with E-state index in [1.54, 1.807) is 7.05 Å². The van der Waals surface area contributed by atoms with Gasteiger partial charge in [-0.05, 0) is 0 Å². The largest absolute Gasteiger partial charge is 0.403 e. The maximum absolute atomic E-state index is 10.4. The predicted octanol–water partition coefficient (Wildman–Crippen LogP) is -0.377. The first-order valence-corrected chi connectivity index (χ1v) is 2.82. The SMILES string of the molecule is CN=CC(=CN)NC(C)=O. The van der Waals surface area contributed by atoms with Crippen molar-refractivity contribution in [2.75, 3.05) is 7.05 Å². The lowest BCUT2D eigenvalue weighted by Gasteiger charge is -1.98. The molecule has 0 rings (SSSR count). The topological polar surface area (TPSA) is 67.5 Å². The molecule has 0 bridgehead atoms. The summed E-state index contributed by atoms with van der Waals surface area (Å²) in [5.74, 6) is -0.156. The molecular weight excluding hydrogens is 130 g/mol. The van der Waals surface area contributed by atoms with Gasteiger partial charge in [0.15, 0.2) is 0 Å². The zero-order valence-corrected chi connectivity index (χ0v) is 6.09. The second kappa shape index (κ2) is 4.55. The first-order valence-electron chi connectivity index (χ1n) is 2.82. The van der Waals surface area contributed by atoms with Crippen LogP contribution in [-0.4, -0.2) is 19.2 Å². The fourth-order valence-corrected chi connectivity index (χ4v) is 0.459. The lowest BCUT2D eigenvalue weighted by Crippen LogP contribution is -2.20. The second-order valence-electron chi connectivity index (χ2n) is 1.69. The molecule has 0 fully saturated rings. The highest BCUT2D eigenvalue weighted by molar-refractivity contribution is 5.86. The highest BCUT2D eigenvalue weighted by Gasteiger charge is 1.92. The summed E-state index contributed by atoms with van der Waals surface area (Å²) in [5, 5.41) is 2.48. The zero-order chi connectivity index (χ0) is 7.98. The molecule has 4 heteroatoms. The van der Waals surface area contributed by atoms with E-state index in [4.69, 9.17) is 5.73 Å². The molecule has 0 aliphatic rings. The van der Waals surface area contributed by atoms with E-state index in [1.807, 2.05) is 0 Å². The van der Waals surface area contributed by atoms with Crippen molar-refractivity contribution in [2.45, 2.75) is 6.92 Å². The number of nitrogens with zero attached hydrogens (tertiary/aromatic N) is 1. The van der Waals surface area contributed by atoms with E-state index in [0.29, 0.717) is 5.70 Å². The summed E-state index contributed by atoms with van der Waals surface area (Å²) in [6.07, 6.45) is 2.76. The molecule has 10 heavy (non-hydrogen) atoms. The summed E-state index contributed by atoms with van der Waals surface area (Å²) in [6.45, 7) is 1.41. The molecule has 0 saturated heterocycles. The van der Waals surface area contributed by atoms with Crippen LogP contribution in [0, 0.1) is 0 Å². The molecule has 0 spiro atoms. The van der Waals surface area contributed by atoms with Crippen molar-refractivity contribution in [3.63, 3.8) is 0 Å². The normalized spacial score (nSPS) is 12.0. The van der Waals surface area contributed by atoms with Crippen LogP contribution in [0.5, 0.6) is 0 Å². The van der Waals surface area contributed by atoms with E-state index in [2.05, 4.69) is 10.3 Å². The van der Waals surface area contributed by atoms with E-state index in [-0.39, 0.29) is 5.91 Å². The van der Waals surface area contributed by atoms with Crippen LogP contribution < -0.4 is 11.1 Å². The average Bonchev–Trinajstić information content (AvgIpc) is 1.86. The molecule has 0 saturated carbocycles. The van der Waals surface area contributed by atoms with E-state index in [0.717, 1.165) is 0 Å². The van der Waals surface area contributed by atoms with Crippen molar-refractivity contribution in [1.29, 1.82) is 0 Å². The van der Waals surface area contributed by atoms with Gasteiger partial charge in [-0.25, -0.2) is 0 Å². The minimum Gasteiger partial charge on any atom is -0.403 e. The molecule has 3 N–H and O–H groups in total. The molecule has 0 radical (unpaired) electrons. The van der Waals surface area contributed by atoms with Crippen molar-refractivity contribution >= 4 is 12.1 Å². The summed E-state index contributed by atoms with van der Waals surface area (Å²) < 4.78 is 0. The van der Waals surface area contributed by atoms with Gasteiger partial charge in [-0.1, -0.05) is 0 Å². The highest BCUT2D eigenvalue weighted by atomic mass is 16.1. The third kappa shape index (κ3) is 3.65. The van der Waals surface area contributed by atoms with Crippen LogP contribution in [0.1, 0.15) is 6.92 Å². The molecule has 4 nitrogen and oxygen atoms in total. The molecule has 0 unspecified atom stereocenters. The number of amides is 1. The van der Waals surface area contributed by atoms with Gasteiger partial charge in [0.05, 0.1) is 5.70 Å². The molecule has 0 aromatic rings. The van der Waals surface area contributed by atoms with E-state index in [1.165, 1.54) is 19.3 Å². The number of aliphatic imine (C=N–C) groups is 1. The van der Waals surface area contributed by atoms with Crippen LogP contribution in [0.15, 0.2) is 16.9 Å². The van der Waals surface area contributed by atoms with Crippen molar-refractivity contribution in [1.82, 2.24) is 5.32 Å². The number of carbonyl (C=O) groups excluding carboxylic acids is 1. The fourth-order valence-electron chi connectivity index (χ4n) is 0.459. The molecule has 0 aliphatic carbocycles. The van der Waals surface area contributed by atoms with Crippen LogP contribution in [0.3, 0.4) is 0 Å². The van der Waals surface area contributed by atoms with Crippen LogP contribution in [-0.2, 0) is 4.79 Å². The summed E-state index contributed by atoms with van der Waals surface area (Å²) in [4.78, 5) is 14.1. The van der Waals surface area contributed by atoms with Gasteiger partial charge in [0.1, 0.15) is 0 Å². The maximum Gasteiger partial charge on any atom is 0.221 e. The molecule has 0 aromatic heterocycles. The number of allylic oxidation sites excluding steroid dienone is 1. The van der Waals surface area contributed by atoms with Gasteiger partial charge in [0.2, 0.25) is 5.91 Å². The van der Waals surface area contributed by atoms with Crippen molar-refractivity contribution in [3.8, 4) is 0 Å². The Hall–Kier alpha value is -1.32. The summed E-state index contributed by atoms with van der Waals surface area (Å²) >= 11 is 0. The minimum absolute atomic E-state index is 0.156. The van der Waals surface area contributed by atoms with Gasteiger partial charge in [-0.2, -0.15) is 0 Å². The lowest BCUT2D eigenvalue weighted by molar-refractivity contribution is -0.118. The van der Waals surface area contributed by atoms with Crippen LogP contribution in [0.2, 0.25) is 0 Å². The third-order valence-electron chi connectivity index (χ3n) is 0.768. The molecule has 0 aliphatic heterocycles. The second-order valence-corrected chi connectivity index (χ2v) is 1.69. The molecule has 0 aromatic carbocycles. The van der Waals surface area contributed by atoms with Gasteiger partial charge in [-0.15, -0.1) is 0 Å². The van der Waals surface area contributed by atoms with Gasteiger partial charge >= 0.3 is 0 Å². The Morgan fingerprint density at radius 1 is 1.70 bits per heavy atom. The van der Waals surface area contributed by atoms with Gasteiger partial charge in [0, 0.05) is 26.4 Å². The molecule has 0 atom stereocenters. The van der Waals surface area contributed by atoms with Crippen molar-refractivity contribution < 1.29 is 4.79 Å². The smallest absolute Gasteiger partial charge is 0.221 e.